The molecule has 1 saturated heterocycles. The number of aromatic nitrogens is 1. The molecule has 1 aromatic rings. The summed E-state index contributed by atoms with van der Waals surface area (Å²) in [5, 5.41) is 4.35. The first-order valence-corrected chi connectivity index (χ1v) is 8.10. The quantitative estimate of drug-likeness (QED) is 0.864. The Hall–Kier alpha value is -1.14. The van der Waals surface area contributed by atoms with Crippen molar-refractivity contribution in [2.24, 2.45) is 0 Å². The number of ether oxygens (including phenoxy) is 2. The molecule has 0 bridgehead atoms. The Bertz CT molecular complexity index is 483. The molecule has 1 aliphatic heterocycles. The van der Waals surface area contributed by atoms with Crippen LogP contribution in [0.1, 0.15) is 42.7 Å². The van der Waals surface area contributed by atoms with E-state index >= 15 is 0 Å². The van der Waals surface area contributed by atoms with Gasteiger partial charge in [-0.2, -0.15) is 0 Å². The van der Waals surface area contributed by atoms with Crippen molar-refractivity contribution >= 4 is 22.4 Å². The van der Waals surface area contributed by atoms with E-state index in [9.17, 15) is 4.79 Å². The maximum Gasteiger partial charge on any atom is 0.315 e. The molecule has 1 aliphatic carbocycles. The van der Waals surface area contributed by atoms with E-state index < -0.39 is 0 Å². The number of fused-ring (bicyclic) bond motifs is 1. The monoisotopic (exact) mass is 296 g/mol. The second kappa shape index (κ2) is 6.10. The van der Waals surface area contributed by atoms with Crippen molar-refractivity contribution in [2.75, 3.05) is 25.1 Å². The predicted octanol–water partition coefficient (Wildman–Crippen LogP) is 2.33. The molecule has 2 aliphatic rings. The zero-order valence-corrected chi connectivity index (χ0v) is 12.5. The van der Waals surface area contributed by atoms with Gasteiger partial charge in [-0.05, 0) is 32.6 Å². The van der Waals surface area contributed by atoms with Crippen LogP contribution in [0.5, 0.6) is 0 Å². The lowest BCUT2D eigenvalue weighted by atomic mass is 10.1. The van der Waals surface area contributed by atoms with Crippen LogP contribution in [0.25, 0.3) is 0 Å². The van der Waals surface area contributed by atoms with E-state index in [1.165, 1.54) is 4.88 Å². The zero-order valence-electron chi connectivity index (χ0n) is 11.7. The summed E-state index contributed by atoms with van der Waals surface area (Å²) in [4.78, 5) is 17.8. The van der Waals surface area contributed by atoms with Gasteiger partial charge in [0.1, 0.15) is 5.92 Å². The number of thiazole rings is 1. The van der Waals surface area contributed by atoms with E-state index in [1.807, 2.05) is 6.92 Å². The predicted molar refractivity (Wildman–Crippen MR) is 77.3 cm³/mol. The van der Waals surface area contributed by atoms with Gasteiger partial charge >= 0.3 is 5.97 Å². The number of carbonyl (C=O) groups excluding carboxylic acids is 1. The Morgan fingerprint density at radius 2 is 2.45 bits per heavy atom. The molecule has 2 unspecified atom stereocenters. The van der Waals surface area contributed by atoms with Crippen molar-refractivity contribution in [1.29, 1.82) is 0 Å². The minimum atomic E-state index is -0.167. The maximum absolute atomic E-state index is 11.9. The Kier molecular flexibility index (Phi) is 4.21. The van der Waals surface area contributed by atoms with Gasteiger partial charge in [0.2, 0.25) is 0 Å². The van der Waals surface area contributed by atoms with Crippen LogP contribution in [-0.2, 0) is 20.7 Å². The van der Waals surface area contributed by atoms with Gasteiger partial charge < -0.3 is 14.8 Å². The molecule has 5 nitrogen and oxygen atoms in total. The second-order valence-corrected chi connectivity index (χ2v) is 6.31. The number of nitrogens with zero attached hydrogens (tertiary/aromatic N) is 1. The number of carbonyl (C=O) groups is 1. The van der Waals surface area contributed by atoms with Gasteiger partial charge in [-0.1, -0.05) is 0 Å². The SMILES string of the molecule is CCOC(=O)C1CCc2sc(NC3CCCOC3)nc21. The number of hydrogen-bond donors (Lipinski definition) is 1. The van der Waals surface area contributed by atoms with E-state index in [0.717, 1.165) is 49.7 Å². The summed E-state index contributed by atoms with van der Waals surface area (Å²) in [6.07, 6.45) is 3.97. The average Bonchev–Trinajstić information content (AvgIpc) is 2.99. The first-order valence-electron chi connectivity index (χ1n) is 7.28. The summed E-state index contributed by atoms with van der Waals surface area (Å²) in [6, 6.07) is 0.344. The van der Waals surface area contributed by atoms with E-state index in [2.05, 4.69) is 10.3 Å². The summed E-state index contributed by atoms with van der Waals surface area (Å²) < 4.78 is 10.6. The van der Waals surface area contributed by atoms with Crippen molar-refractivity contribution in [3.63, 3.8) is 0 Å². The molecule has 6 heteroatoms. The van der Waals surface area contributed by atoms with Gasteiger partial charge in [0.25, 0.3) is 0 Å². The summed E-state index contributed by atoms with van der Waals surface area (Å²) in [5.74, 6) is -0.302. The lowest BCUT2D eigenvalue weighted by Crippen LogP contribution is -2.29. The first kappa shape index (κ1) is 13.8. The lowest BCUT2D eigenvalue weighted by Gasteiger charge is -2.22. The van der Waals surface area contributed by atoms with Crippen LogP contribution in [0.3, 0.4) is 0 Å². The third-order valence-electron chi connectivity index (χ3n) is 3.78. The Morgan fingerprint density at radius 3 is 3.20 bits per heavy atom. The molecule has 1 N–H and O–H groups in total. The molecule has 0 saturated carbocycles. The van der Waals surface area contributed by atoms with Gasteiger partial charge in [-0.25, -0.2) is 4.98 Å². The number of nitrogens with one attached hydrogen (secondary N) is 1. The molecule has 1 aromatic heterocycles. The van der Waals surface area contributed by atoms with Crippen molar-refractivity contribution in [2.45, 2.75) is 44.6 Å². The zero-order chi connectivity index (χ0) is 13.9. The van der Waals surface area contributed by atoms with E-state index in [-0.39, 0.29) is 11.9 Å². The van der Waals surface area contributed by atoms with Crippen molar-refractivity contribution < 1.29 is 14.3 Å². The Labute approximate surface area is 122 Å². The highest BCUT2D eigenvalue weighted by Crippen LogP contribution is 2.39. The van der Waals surface area contributed by atoms with Crippen LogP contribution in [0.4, 0.5) is 5.13 Å². The topological polar surface area (TPSA) is 60.5 Å². The molecule has 1 fully saturated rings. The largest absolute Gasteiger partial charge is 0.465 e. The fourth-order valence-electron chi connectivity index (χ4n) is 2.79. The smallest absolute Gasteiger partial charge is 0.315 e. The van der Waals surface area contributed by atoms with Gasteiger partial charge in [-0.3, -0.25) is 4.79 Å². The molecule has 3 rings (SSSR count). The van der Waals surface area contributed by atoms with Crippen LogP contribution in [-0.4, -0.2) is 36.8 Å². The molecule has 20 heavy (non-hydrogen) atoms. The number of hydrogen-bond acceptors (Lipinski definition) is 6. The fourth-order valence-corrected chi connectivity index (χ4v) is 3.91. The lowest BCUT2D eigenvalue weighted by molar-refractivity contribution is -0.145. The van der Waals surface area contributed by atoms with Crippen molar-refractivity contribution in [3.8, 4) is 0 Å². The molecular weight excluding hydrogens is 276 g/mol. The highest BCUT2D eigenvalue weighted by atomic mass is 32.1. The van der Waals surface area contributed by atoms with Crippen molar-refractivity contribution in [1.82, 2.24) is 4.98 Å². The van der Waals surface area contributed by atoms with Crippen LogP contribution in [0, 0.1) is 0 Å². The molecule has 110 valence electrons. The van der Waals surface area contributed by atoms with Gasteiger partial charge in [0.05, 0.1) is 24.9 Å². The highest BCUT2D eigenvalue weighted by Gasteiger charge is 2.33. The third kappa shape index (κ3) is 2.81. The van der Waals surface area contributed by atoms with Gasteiger partial charge in [-0.15, -0.1) is 11.3 Å². The molecular formula is C14H20N2O3S. The summed E-state index contributed by atoms with van der Waals surface area (Å²) in [7, 11) is 0. The molecule has 2 heterocycles. The molecule has 0 amide bonds. The number of esters is 1. The van der Waals surface area contributed by atoms with E-state index in [1.54, 1.807) is 11.3 Å². The summed E-state index contributed by atoms with van der Waals surface area (Å²) in [5.41, 5.74) is 0.924. The maximum atomic E-state index is 11.9. The number of aryl methyl sites for hydroxylation is 1. The minimum absolute atomic E-state index is 0.135. The van der Waals surface area contributed by atoms with Crippen LogP contribution < -0.4 is 5.32 Å². The second-order valence-electron chi connectivity index (χ2n) is 5.23. The normalized spacial score (nSPS) is 25.2. The van der Waals surface area contributed by atoms with Gasteiger partial charge in [0, 0.05) is 11.5 Å². The standard InChI is InChI=1S/C14H20N2O3S/c1-2-19-13(17)10-5-6-11-12(10)16-14(20-11)15-9-4-3-7-18-8-9/h9-10H,2-8H2,1H3,(H,15,16). The van der Waals surface area contributed by atoms with Gasteiger partial charge in [0.15, 0.2) is 5.13 Å². The number of anilines is 1. The molecule has 0 spiro atoms. The minimum Gasteiger partial charge on any atom is -0.465 e. The average molecular weight is 296 g/mol. The number of rotatable bonds is 4. The fraction of sp³-hybridized carbons (Fsp3) is 0.714. The van der Waals surface area contributed by atoms with E-state index in [4.69, 9.17) is 9.47 Å². The van der Waals surface area contributed by atoms with E-state index in [0.29, 0.717) is 12.6 Å². The summed E-state index contributed by atoms with van der Waals surface area (Å²) in [6.45, 7) is 3.87. The Balaban J connectivity index is 1.68. The highest BCUT2D eigenvalue weighted by molar-refractivity contribution is 7.15. The molecule has 2 atom stereocenters. The molecule has 0 aromatic carbocycles. The first-order chi connectivity index (χ1) is 9.78. The van der Waals surface area contributed by atoms with Crippen LogP contribution in [0.15, 0.2) is 0 Å². The van der Waals surface area contributed by atoms with Crippen LogP contribution >= 0.6 is 11.3 Å². The Morgan fingerprint density at radius 1 is 1.55 bits per heavy atom. The van der Waals surface area contributed by atoms with Crippen LogP contribution in [0.2, 0.25) is 0 Å². The summed E-state index contributed by atoms with van der Waals surface area (Å²) >= 11 is 1.67. The van der Waals surface area contributed by atoms with Crippen molar-refractivity contribution in [3.05, 3.63) is 10.6 Å². The molecule has 0 radical (unpaired) electrons. The third-order valence-corrected chi connectivity index (χ3v) is 4.84.